The summed E-state index contributed by atoms with van der Waals surface area (Å²) in [6.07, 6.45) is 5.08. The molecule has 0 amide bonds. The van der Waals surface area contributed by atoms with E-state index in [1.807, 2.05) is 18.2 Å². The number of phenolic OH excluding ortho intramolecular Hbond substituents is 2. The second kappa shape index (κ2) is 7.03. The number of aromatic nitrogens is 1. The molecule has 1 fully saturated rings. The van der Waals surface area contributed by atoms with Gasteiger partial charge in [-0.3, -0.25) is 4.98 Å². The van der Waals surface area contributed by atoms with Gasteiger partial charge in [-0.25, -0.2) is 0 Å². The van der Waals surface area contributed by atoms with Crippen LogP contribution < -0.4 is 16.0 Å². The lowest BCUT2D eigenvalue weighted by atomic mass is 10.0. The van der Waals surface area contributed by atoms with Crippen molar-refractivity contribution in [2.24, 2.45) is 0 Å². The molecular weight excluding hydrogens is 364 g/mol. The van der Waals surface area contributed by atoms with E-state index in [4.69, 9.17) is 10.7 Å². The molecule has 1 aliphatic heterocycles. The van der Waals surface area contributed by atoms with Crippen LogP contribution in [0, 0.1) is 0 Å². The van der Waals surface area contributed by atoms with Crippen LogP contribution in [0.25, 0.3) is 10.9 Å². The third-order valence-corrected chi connectivity index (χ3v) is 6.23. The van der Waals surface area contributed by atoms with E-state index in [0.717, 1.165) is 78.9 Å². The zero-order valence-corrected chi connectivity index (χ0v) is 16.4. The summed E-state index contributed by atoms with van der Waals surface area (Å²) in [5.41, 5.74) is 12.3. The topological polar surface area (TPSA) is 94.6 Å². The van der Waals surface area contributed by atoms with E-state index in [0.29, 0.717) is 6.04 Å². The van der Waals surface area contributed by atoms with E-state index in [1.165, 1.54) is 5.56 Å². The standard InChI is InChI=1S/C23H26N4O2/c24-17-5-1-2-7-20(17)27-10-8-14(9-11-27)25-23-15-4-3-6-18(15)26-19-13-22(29)21(28)12-16(19)23/h1-2,5,7,12-14,28-29H,3-4,6,8-11,24H2,(H,25,26). The normalized spacial score (nSPS) is 16.9. The summed E-state index contributed by atoms with van der Waals surface area (Å²) in [6.45, 7) is 1.90. The maximum absolute atomic E-state index is 10.1. The number of fused-ring (bicyclic) bond motifs is 2. The molecule has 1 aliphatic carbocycles. The van der Waals surface area contributed by atoms with E-state index >= 15 is 0 Å². The molecule has 0 unspecified atom stereocenters. The first-order valence-corrected chi connectivity index (χ1v) is 10.3. The predicted molar refractivity (Wildman–Crippen MR) is 117 cm³/mol. The summed E-state index contributed by atoms with van der Waals surface area (Å²) in [4.78, 5) is 7.09. The third-order valence-electron chi connectivity index (χ3n) is 6.23. The van der Waals surface area contributed by atoms with Gasteiger partial charge in [-0.15, -0.1) is 0 Å². The lowest BCUT2D eigenvalue weighted by molar-refractivity contribution is 0.405. The van der Waals surface area contributed by atoms with Gasteiger partial charge >= 0.3 is 0 Å². The second-order valence-electron chi connectivity index (χ2n) is 8.09. The summed E-state index contributed by atoms with van der Waals surface area (Å²) < 4.78 is 0. The van der Waals surface area contributed by atoms with Gasteiger partial charge in [0, 0.05) is 42.0 Å². The first-order valence-electron chi connectivity index (χ1n) is 10.3. The Morgan fingerprint density at radius 3 is 2.59 bits per heavy atom. The smallest absolute Gasteiger partial charge is 0.159 e. The Morgan fingerprint density at radius 2 is 1.79 bits per heavy atom. The van der Waals surface area contributed by atoms with E-state index in [2.05, 4.69) is 16.3 Å². The summed E-state index contributed by atoms with van der Waals surface area (Å²) in [6, 6.07) is 11.6. The van der Waals surface area contributed by atoms with Gasteiger partial charge < -0.3 is 26.2 Å². The molecule has 0 bridgehead atoms. The van der Waals surface area contributed by atoms with Crippen molar-refractivity contribution in [2.75, 3.05) is 29.0 Å². The number of aryl methyl sites for hydroxylation is 1. The largest absolute Gasteiger partial charge is 0.504 e. The van der Waals surface area contributed by atoms with Crippen molar-refractivity contribution in [3.05, 3.63) is 47.7 Å². The van der Waals surface area contributed by atoms with Crippen LogP contribution in [-0.4, -0.2) is 34.3 Å². The van der Waals surface area contributed by atoms with Gasteiger partial charge in [-0.05, 0) is 55.9 Å². The molecule has 2 aliphatic rings. The predicted octanol–water partition coefficient (Wildman–Crippen LogP) is 3.80. The van der Waals surface area contributed by atoms with E-state index in [1.54, 1.807) is 12.1 Å². The Bertz CT molecular complexity index is 1070. The minimum absolute atomic E-state index is 0.102. The Labute approximate surface area is 170 Å². The van der Waals surface area contributed by atoms with Gasteiger partial charge in [0.15, 0.2) is 11.5 Å². The molecule has 2 aromatic carbocycles. The zero-order valence-electron chi connectivity index (χ0n) is 16.4. The average molecular weight is 390 g/mol. The number of nitrogens with one attached hydrogen (secondary N) is 1. The van der Waals surface area contributed by atoms with E-state index in [9.17, 15) is 10.2 Å². The molecule has 6 heteroatoms. The molecule has 0 saturated carbocycles. The van der Waals surface area contributed by atoms with Crippen LogP contribution in [0.4, 0.5) is 17.1 Å². The third kappa shape index (κ3) is 3.18. The van der Waals surface area contributed by atoms with Crippen LogP contribution in [0.5, 0.6) is 11.5 Å². The number of hydrogen-bond donors (Lipinski definition) is 4. The van der Waals surface area contributed by atoms with Crippen LogP contribution in [0.3, 0.4) is 0 Å². The molecule has 150 valence electrons. The first kappa shape index (κ1) is 17.9. The molecule has 5 rings (SSSR count). The first-order chi connectivity index (χ1) is 14.1. The lowest BCUT2D eigenvalue weighted by Crippen LogP contribution is -2.39. The molecule has 1 aromatic heterocycles. The number of anilines is 3. The highest BCUT2D eigenvalue weighted by atomic mass is 16.3. The summed E-state index contributed by atoms with van der Waals surface area (Å²) >= 11 is 0. The number of nitrogens with two attached hydrogens (primary N) is 1. The van der Waals surface area contributed by atoms with Crippen molar-refractivity contribution in [1.29, 1.82) is 0 Å². The SMILES string of the molecule is Nc1ccccc1N1CCC(Nc2c3c(nc4cc(O)c(O)cc24)CCC3)CC1. The number of pyridine rings is 1. The van der Waals surface area contributed by atoms with Gasteiger partial charge in [-0.1, -0.05) is 12.1 Å². The molecule has 2 heterocycles. The number of aromatic hydroxyl groups is 2. The molecule has 6 nitrogen and oxygen atoms in total. The molecule has 5 N–H and O–H groups in total. The number of hydrogen-bond acceptors (Lipinski definition) is 6. The second-order valence-corrected chi connectivity index (χ2v) is 8.09. The maximum atomic E-state index is 10.1. The van der Waals surface area contributed by atoms with Crippen LogP contribution in [0.1, 0.15) is 30.5 Å². The number of para-hydroxylation sites is 2. The minimum atomic E-state index is -0.123. The molecule has 0 spiro atoms. The van der Waals surface area contributed by atoms with Gasteiger partial charge in [-0.2, -0.15) is 0 Å². The van der Waals surface area contributed by atoms with Crippen LogP contribution in [0.15, 0.2) is 36.4 Å². The number of phenols is 2. The number of nitrogens with zero attached hydrogens (tertiary/aromatic N) is 2. The summed E-state index contributed by atoms with van der Waals surface area (Å²) in [5.74, 6) is -0.225. The van der Waals surface area contributed by atoms with Crippen molar-refractivity contribution >= 4 is 28.0 Å². The van der Waals surface area contributed by atoms with Gasteiger partial charge in [0.2, 0.25) is 0 Å². The Morgan fingerprint density at radius 1 is 1.03 bits per heavy atom. The minimum Gasteiger partial charge on any atom is -0.504 e. The van der Waals surface area contributed by atoms with Gasteiger partial charge in [0.1, 0.15) is 0 Å². The van der Waals surface area contributed by atoms with Crippen molar-refractivity contribution in [3.63, 3.8) is 0 Å². The molecular formula is C23H26N4O2. The van der Waals surface area contributed by atoms with E-state index < -0.39 is 0 Å². The zero-order chi connectivity index (χ0) is 20.0. The molecule has 0 radical (unpaired) electrons. The summed E-state index contributed by atoms with van der Waals surface area (Å²) in [7, 11) is 0. The fraction of sp³-hybridized carbons (Fsp3) is 0.348. The van der Waals surface area contributed by atoms with Crippen LogP contribution >= 0.6 is 0 Å². The van der Waals surface area contributed by atoms with Gasteiger partial charge in [0.05, 0.1) is 16.9 Å². The monoisotopic (exact) mass is 390 g/mol. The van der Waals surface area contributed by atoms with Crippen molar-refractivity contribution in [1.82, 2.24) is 4.98 Å². The van der Waals surface area contributed by atoms with Crippen molar-refractivity contribution < 1.29 is 10.2 Å². The molecule has 29 heavy (non-hydrogen) atoms. The molecule has 1 saturated heterocycles. The number of benzene rings is 2. The number of rotatable bonds is 3. The van der Waals surface area contributed by atoms with E-state index in [-0.39, 0.29) is 11.5 Å². The summed E-state index contributed by atoms with van der Waals surface area (Å²) in [5, 5.41) is 24.6. The van der Waals surface area contributed by atoms with Crippen molar-refractivity contribution in [2.45, 2.75) is 38.1 Å². The number of piperidine rings is 1. The average Bonchev–Trinajstić information content (AvgIpc) is 3.19. The maximum Gasteiger partial charge on any atom is 0.159 e. The van der Waals surface area contributed by atoms with Crippen molar-refractivity contribution in [3.8, 4) is 11.5 Å². The Kier molecular flexibility index (Phi) is 4.34. The number of nitrogen functional groups attached to an aromatic ring is 1. The van der Waals surface area contributed by atoms with Crippen LogP contribution in [0.2, 0.25) is 0 Å². The molecule has 3 aromatic rings. The highest BCUT2D eigenvalue weighted by Crippen LogP contribution is 2.39. The molecule has 0 atom stereocenters. The fourth-order valence-corrected chi connectivity index (χ4v) is 4.70. The lowest BCUT2D eigenvalue weighted by Gasteiger charge is -2.35. The quantitative estimate of drug-likeness (QED) is 0.401. The highest BCUT2D eigenvalue weighted by Gasteiger charge is 2.25. The Balaban J connectivity index is 1.41. The van der Waals surface area contributed by atoms with Gasteiger partial charge in [0.25, 0.3) is 0 Å². The highest BCUT2D eigenvalue weighted by molar-refractivity contribution is 5.96. The Hall–Kier alpha value is -3.15. The van der Waals surface area contributed by atoms with Crippen LogP contribution in [-0.2, 0) is 12.8 Å². The fourth-order valence-electron chi connectivity index (χ4n) is 4.70.